The van der Waals surface area contributed by atoms with Crippen LogP contribution in [0.3, 0.4) is 0 Å². The van der Waals surface area contributed by atoms with Gasteiger partial charge in [0, 0.05) is 12.1 Å². The Morgan fingerprint density at radius 1 is 1.13 bits per heavy atom. The number of hydrogen-bond acceptors (Lipinski definition) is 5. The highest BCUT2D eigenvalue weighted by atomic mass is 32.2. The molecule has 0 radical (unpaired) electrons. The maximum Gasteiger partial charge on any atom is 0.251 e. The van der Waals surface area contributed by atoms with Gasteiger partial charge in [0.1, 0.15) is 5.75 Å². The first-order valence-electron chi connectivity index (χ1n) is 10.1. The first-order chi connectivity index (χ1) is 14.4. The standard InChI is InChI=1S/C22H29N3O4S/c1-16-6-11-19(30(27,28)23-2)14-20(16)22(26)24-15-21(25-12-4-5-13-25)17-7-9-18(29-3)10-8-17/h6-11,14,21,23H,4-5,12-13,15H2,1-3H3,(H,24,26). The van der Waals surface area contributed by atoms with Crippen LogP contribution in [-0.2, 0) is 10.0 Å². The Bertz CT molecular complexity index is 984. The van der Waals surface area contributed by atoms with E-state index in [0.717, 1.165) is 42.8 Å². The highest BCUT2D eigenvalue weighted by Gasteiger charge is 2.25. The number of likely N-dealkylation sites (tertiary alicyclic amines) is 1. The molecule has 0 aromatic heterocycles. The van der Waals surface area contributed by atoms with E-state index < -0.39 is 10.0 Å². The zero-order chi connectivity index (χ0) is 21.7. The summed E-state index contributed by atoms with van der Waals surface area (Å²) in [6, 6.07) is 12.5. The highest BCUT2D eigenvalue weighted by Crippen LogP contribution is 2.26. The van der Waals surface area contributed by atoms with Gasteiger partial charge in [0.05, 0.1) is 18.0 Å². The Labute approximate surface area is 178 Å². The second-order valence-corrected chi connectivity index (χ2v) is 9.31. The lowest BCUT2D eigenvalue weighted by Gasteiger charge is -2.28. The lowest BCUT2D eigenvalue weighted by atomic mass is 10.0. The second-order valence-electron chi connectivity index (χ2n) is 7.43. The average Bonchev–Trinajstić information content (AvgIpc) is 3.29. The van der Waals surface area contributed by atoms with Crippen molar-refractivity contribution in [3.63, 3.8) is 0 Å². The maximum atomic E-state index is 12.9. The molecule has 8 heteroatoms. The molecular formula is C22H29N3O4S. The van der Waals surface area contributed by atoms with Crippen molar-refractivity contribution in [1.82, 2.24) is 14.9 Å². The number of nitrogens with zero attached hydrogens (tertiary/aromatic N) is 1. The van der Waals surface area contributed by atoms with Crippen molar-refractivity contribution in [2.75, 3.05) is 33.8 Å². The van der Waals surface area contributed by atoms with Crippen molar-refractivity contribution in [1.29, 1.82) is 0 Å². The fraction of sp³-hybridized carbons (Fsp3) is 0.409. The van der Waals surface area contributed by atoms with Crippen LogP contribution in [0, 0.1) is 6.92 Å². The smallest absolute Gasteiger partial charge is 0.251 e. The zero-order valence-corrected chi connectivity index (χ0v) is 18.5. The minimum atomic E-state index is -3.62. The van der Waals surface area contributed by atoms with Crippen LogP contribution < -0.4 is 14.8 Å². The van der Waals surface area contributed by atoms with Crippen LogP contribution in [0.2, 0.25) is 0 Å². The summed E-state index contributed by atoms with van der Waals surface area (Å²) in [4.78, 5) is 15.4. The lowest BCUT2D eigenvalue weighted by molar-refractivity contribution is 0.0937. The minimum absolute atomic E-state index is 0.0480. The van der Waals surface area contributed by atoms with Gasteiger partial charge in [-0.25, -0.2) is 13.1 Å². The number of methoxy groups -OCH3 is 1. The first kappa shape index (κ1) is 22.3. The Morgan fingerprint density at radius 2 is 1.80 bits per heavy atom. The van der Waals surface area contributed by atoms with Crippen LogP contribution in [0.25, 0.3) is 0 Å². The number of benzene rings is 2. The van der Waals surface area contributed by atoms with E-state index in [2.05, 4.69) is 14.9 Å². The number of aryl methyl sites for hydroxylation is 1. The monoisotopic (exact) mass is 431 g/mol. The summed E-state index contributed by atoms with van der Waals surface area (Å²) in [5.41, 5.74) is 2.20. The number of amides is 1. The fourth-order valence-electron chi connectivity index (χ4n) is 3.75. The van der Waals surface area contributed by atoms with Gasteiger partial charge in [0.2, 0.25) is 10.0 Å². The second kappa shape index (κ2) is 9.59. The third-order valence-corrected chi connectivity index (χ3v) is 6.98. The van der Waals surface area contributed by atoms with Crippen molar-refractivity contribution in [3.05, 3.63) is 59.2 Å². The van der Waals surface area contributed by atoms with E-state index in [4.69, 9.17) is 4.74 Å². The first-order valence-corrected chi connectivity index (χ1v) is 11.5. The van der Waals surface area contributed by atoms with E-state index in [1.807, 2.05) is 24.3 Å². The van der Waals surface area contributed by atoms with Crippen molar-refractivity contribution >= 4 is 15.9 Å². The van der Waals surface area contributed by atoms with Crippen LogP contribution in [0.4, 0.5) is 0 Å². The predicted octanol–water partition coefficient (Wildman–Crippen LogP) is 2.48. The summed E-state index contributed by atoms with van der Waals surface area (Å²) in [6.45, 7) is 4.21. The Morgan fingerprint density at radius 3 is 2.40 bits per heavy atom. The van der Waals surface area contributed by atoms with Gasteiger partial charge in [-0.2, -0.15) is 0 Å². The molecule has 1 unspecified atom stereocenters. The largest absolute Gasteiger partial charge is 0.497 e. The molecular weight excluding hydrogens is 402 g/mol. The molecule has 1 aliphatic rings. The highest BCUT2D eigenvalue weighted by molar-refractivity contribution is 7.89. The SMILES string of the molecule is CNS(=O)(=O)c1ccc(C)c(C(=O)NCC(c2ccc(OC)cc2)N2CCCC2)c1. The molecule has 162 valence electrons. The molecule has 0 aliphatic carbocycles. The van der Waals surface area contributed by atoms with Gasteiger partial charge >= 0.3 is 0 Å². The molecule has 3 rings (SSSR count). The van der Waals surface area contributed by atoms with Gasteiger partial charge in [-0.05, 0) is 75.3 Å². The van der Waals surface area contributed by atoms with Gasteiger partial charge in [-0.15, -0.1) is 0 Å². The van der Waals surface area contributed by atoms with Crippen LogP contribution in [0.1, 0.15) is 40.4 Å². The quantitative estimate of drug-likeness (QED) is 0.671. The topological polar surface area (TPSA) is 87.7 Å². The number of rotatable bonds is 8. The van der Waals surface area contributed by atoms with Crippen LogP contribution in [0.15, 0.2) is 47.4 Å². The van der Waals surface area contributed by atoms with Gasteiger partial charge in [-0.3, -0.25) is 9.69 Å². The summed E-state index contributed by atoms with van der Waals surface area (Å²) >= 11 is 0. The van der Waals surface area contributed by atoms with Crippen LogP contribution in [-0.4, -0.2) is 53.0 Å². The van der Waals surface area contributed by atoms with Gasteiger partial charge in [0.15, 0.2) is 0 Å². The Kier molecular flexibility index (Phi) is 7.12. The van der Waals surface area contributed by atoms with Crippen LogP contribution >= 0.6 is 0 Å². The van der Waals surface area contributed by atoms with Crippen molar-refractivity contribution < 1.29 is 17.9 Å². The van der Waals surface area contributed by atoms with E-state index in [9.17, 15) is 13.2 Å². The molecule has 1 heterocycles. The molecule has 2 aromatic rings. The van der Waals surface area contributed by atoms with Crippen LogP contribution in [0.5, 0.6) is 5.75 Å². The summed E-state index contributed by atoms with van der Waals surface area (Å²) in [5.74, 6) is 0.513. The van der Waals surface area contributed by atoms with Gasteiger partial charge in [0.25, 0.3) is 5.91 Å². The summed E-state index contributed by atoms with van der Waals surface area (Å²) in [6.07, 6.45) is 2.28. The Hall–Kier alpha value is -2.42. The Balaban J connectivity index is 1.79. The van der Waals surface area contributed by atoms with E-state index >= 15 is 0 Å². The summed E-state index contributed by atoms with van der Waals surface area (Å²) < 4.78 is 31.7. The van der Waals surface area contributed by atoms with Crippen molar-refractivity contribution in [3.8, 4) is 5.75 Å². The molecule has 2 aromatic carbocycles. The molecule has 7 nitrogen and oxygen atoms in total. The van der Waals surface area contributed by atoms with Gasteiger partial charge in [-0.1, -0.05) is 18.2 Å². The minimum Gasteiger partial charge on any atom is -0.497 e. The van der Waals surface area contributed by atoms with E-state index in [-0.39, 0.29) is 16.8 Å². The number of carbonyl (C=O) groups is 1. The van der Waals surface area contributed by atoms with E-state index in [1.165, 1.54) is 19.2 Å². The zero-order valence-electron chi connectivity index (χ0n) is 17.6. The molecule has 1 atom stereocenters. The number of carbonyl (C=O) groups excluding carboxylic acids is 1. The molecule has 30 heavy (non-hydrogen) atoms. The summed E-state index contributed by atoms with van der Waals surface area (Å²) in [7, 11) is -0.627. The lowest BCUT2D eigenvalue weighted by Crippen LogP contribution is -2.37. The third kappa shape index (κ3) is 5.00. The molecule has 1 saturated heterocycles. The molecule has 1 aliphatic heterocycles. The number of sulfonamides is 1. The molecule has 0 bridgehead atoms. The maximum absolute atomic E-state index is 12.9. The molecule has 0 spiro atoms. The normalized spacial score (nSPS) is 15.7. The number of ether oxygens (including phenoxy) is 1. The van der Waals surface area contributed by atoms with Crippen molar-refractivity contribution in [2.45, 2.75) is 30.7 Å². The summed E-state index contributed by atoms with van der Waals surface area (Å²) in [5, 5.41) is 3.01. The van der Waals surface area contributed by atoms with Crippen molar-refractivity contribution in [2.24, 2.45) is 0 Å². The number of nitrogens with one attached hydrogen (secondary N) is 2. The number of hydrogen-bond donors (Lipinski definition) is 2. The molecule has 2 N–H and O–H groups in total. The van der Waals surface area contributed by atoms with E-state index in [0.29, 0.717) is 12.1 Å². The van der Waals surface area contributed by atoms with E-state index in [1.54, 1.807) is 20.1 Å². The third-order valence-electron chi connectivity index (χ3n) is 5.57. The molecule has 1 fully saturated rings. The fourth-order valence-corrected chi connectivity index (χ4v) is 4.51. The average molecular weight is 432 g/mol. The molecule has 0 saturated carbocycles. The predicted molar refractivity (Wildman–Crippen MR) is 116 cm³/mol. The molecule has 1 amide bonds. The van der Waals surface area contributed by atoms with Gasteiger partial charge < -0.3 is 10.1 Å².